The quantitative estimate of drug-likeness (QED) is 0.912. The standard InChI is InChI=1S/C14H15ClN2O2S/c1-10-6-7-14(12(15)8-10)20(18,19)17-13-5-3-2-4-11(13)9-16/h2-8,17H,9,16H2,1H3. The van der Waals surface area contributed by atoms with E-state index < -0.39 is 10.0 Å². The van der Waals surface area contributed by atoms with Crippen molar-refractivity contribution < 1.29 is 8.42 Å². The maximum absolute atomic E-state index is 12.4. The Hall–Kier alpha value is -1.56. The molecule has 0 aromatic heterocycles. The van der Waals surface area contributed by atoms with Crippen LogP contribution in [0.15, 0.2) is 47.4 Å². The summed E-state index contributed by atoms with van der Waals surface area (Å²) in [4.78, 5) is 0.0524. The number of nitrogens with two attached hydrogens (primary N) is 1. The van der Waals surface area contributed by atoms with Gasteiger partial charge in [0.2, 0.25) is 0 Å². The monoisotopic (exact) mass is 310 g/mol. The number of halogens is 1. The van der Waals surface area contributed by atoms with E-state index in [9.17, 15) is 8.42 Å². The summed E-state index contributed by atoms with van der Waals surface area (Å²) in [6, 6.07) is 11.8. The molecule has 20 heavy (non-hydrogen) atoms. The largest absolute Gasteiger partial charge is 0.326 e. The number of hydrogen-bond donors (Lipinski definition) is 2. The predicted molar refractivity (Wildman–Crippen MR) is 81.3 cm³/mol. The Morgan fingerprint density at radius 2 is 1.90 bits per heavy atom. The van der Waals surface area contributed by atoms with Crippen molar-refractivity contribution in [1.29, 1.82) is 0 Å². The highest BCUT2D eigenvalue weighted by atomic mass is 35.5. The Morgan fingerprint density at radius 1 is 1.20 bits per heavy atom. The van der Waals surface area contributed by atoms with Gasteiger partial charge in [0.05, 0.1) is 10.7 Å². The first-order valence-corrected chi connectivity index (χ1v) is 7.87. The van der Waals surface area contributed by atoms with Gasteiger partial charge in [-0.25, -0.2) is 8.42 Å². The van der Waals surface area contributed by atoms with Crippen LogP contribution >= 0.6 is 11.6 Å². The molecule has 0 bridgehead atoms. The second kappa shape index (κ2) is 5.83. The van der Waals surface area contributed by atoms with Crippen LogP contribution in [0.1, 0.15) is 11.1 Å². The molecule has 0 unspecified atom stereocenters. The number of sulfonamides is 1. The lowest BCUT2D eigenvalue weighted by atomic mass is 10.2. The fourth-order valence-electron chi connectivity index (χ4n) is 1.82. The summed E-state index contributed by atoms with van der Waals surface area (Å²) in [6.45, 7) is 2.10. The molecular weight excluding hydrogens is 296 g/mol. The van der Waals surface area contributed by atoms with Gasteiger partial charge in [-0.2, -0.15) is 0 Å². The summed E-state index contributed by atoms with van der Waals surface area (Å²) in [6.07, 6.45) is 0. The maximum Gasteiger partial charge on any atom is 0.263 e. The number of anilines is 1. The summed E-state index contributed by atoms with van der Waals surface area (Å²) in [5.74, 6) is 0. The lowest BCUT2D eigenvalue weighted by molar-refractivity contribution is 0.601. The van der Waals surface area contributed by atoms with Crippen molar-refractivity contribution in [1.82, 2.24) is 0 Å². The van der Waals surface area contributed by atoms with Gasteiger partial charge in [0, 0.05) is 6.54 Å². The van der Waals surface area contributed by atoms with Crippen molar-refractivity contribution in [2.24, 2.45) is 5.73 Å². The zero-order valence-corrected chi connectivity index (χ0v) is 12.5. The highest BCUT2D eigenvalue weighted by Crippen LogP contribution is 2.25. The Kier molecular flexibility index (Phi) is 4.32. The zero-order valence-electron chi connectivity index (χ0n) is 10.9. The summed E-state index contributed by atoms with van der Waals surface area (Å²) >= 11 is 6.01. The third-order valence-electron chi connectivity index (χ3n) is 2.86. The van der Waals surface area contributed by atoms with E-state index in [1.807, 2.05) is 6.92 Å². The van der Waals surface area contributed by atoms with Gasteiger partial charge in [0.1, 0.15) is 4.90 Å². The Labute approximate surface area is 123 Å². The first-order chi connectivity index (χ1) is 9.44. The maximum atomic E-state index is 12.4. The number of para-hydroxylation sites is 1. The lowest BCUT2D eigenvalue weighted by Crippen LogP contribution is -2.15. The van der Waals surface area contributed by atoms with Gasteiger partial charge in [-0.1, -0.05) is 35.9 Å². The molecule has 0 spiro atoms. The molecule has 106 valence electrons. The molecule has 0 aliphatic heterocycles. The Morgan fingerprint density at radius 3 is 2.55 bits per heavy atom. The van der Waals surface area contributed by atoms with E-state index in [0.717, 1.165) is 11.1 Å². The van der Waals surface area contributed by atoms with Gasteiger partial charge in [-0.3, -0.25) is 4.72 Å². The molecule has 0 saturated carbocycles. The summed E-state index contributed by atoms with van der Waals surface area (Å²) in [7, 11) is -3.73. The molecule has 0 fully saturated rings. The minimum atomic E-state index is -3.73. The van der Waals surface area contributed by atoms with E-state index in [0.29, 0.717) is 5.69 Å². The normalized spacial score (nSPS) is 11.3. The van der Waals surface area contributed by atoms with Crippen LogP contribution in [0.3, 0.4) is 0 Å². The van der Waals surface area contributed by atoms with Crippen LogP contribution < -0.4 is 10.5 Å². The smallest absolute Gasteiger partial charge is 0.263 e. The molecule has 6 heteroatoms. The van der Waals surface area contributed by atoms with Crippen LogP contribution in [0.5, 0.6) is 0 Å². The second-order valence-corrected chi connectivity index (χ2v) is 6.46. The Balaban J connectivity index is 2.41. The van der Waals surface area contributed by atoms with E-state index in [2.05, 4.69) is 4.72 Å². The van der Waals surface area contributed by atoms with Gasteiger partial charge in [-0.15, -0.1) is 0 Å². The van der Waals surface area contributed by atoms with Crippen molar-refractivity contribution in [2.45, 2.75) is 18.4 Å². The van der Waals surface area contributed by atoms with Gasteiger partial charge >= 0.3 is 0 Å². The van der Waals surface area contributed by atoms with Crippen LogP contribution in [-0.4, -0.2) is 8.42 Å². The van der Waals surface area contributed by atoms with Gasteiger partial charge in [0.25, 0.3) is 10.0 Å². The first-order valence-electron chi connectivity index (χ1n) is 6.01. The van der Waals surface area contributed by atoms with Crippen molar-refractivity contribution in [2.75, 3.05) is 4.72 Å². The van der Waals surface area contributed by atoms with E-state index in [1.165, 1.54) is 6.07 Å². The van der Waals surface area contributed by atoms with Crippen LogP contribution in [0, 0.1) is 6.92 Å². The van der Waals surface area contributed by atoms with Gasteiger partial charge in [0.15, 0.2) is 0 Å². The third-order valence-corrected chi connectivity index (χ3v) is 4.71. The fourth-order valence-corrected chi connectivity index (χ4v) is 3.52. The molecule has 2 aromatic rings. The second-order valence-electron chi connectivity index (χ2n) is 4.40. The summed E-state index contributed by atoms with van der Waals surface area (Å²) in [5.41, 5.74) is 7.68. The number of rotatable bonds is 4. The van der Waals surface area contributed by atoms with E-state index in [4.69, 9.17) is 17.3 Å². The average molecular weight is 311 g/mol. The predicted octanol–water partition coefficient (Wildman–Crippen LogP) is 2.91. The van der Waals surface area contributed by atoms with E-state index in [-0.39, 0.29) is 16.5 Å². The number of benzene rings is 2. The fraction of sp³-hybridized carbons (Fsp3) is 0.143. The average Bonchev–Trinajstić information content (AvgIpc) is 2.38. The molecule has 0 radical (unpaired) electrons. The van der Waals surface area contributed by atoms with Crippen LogP contribution in [0.2, 0.25) is 5.02 Å². The molecule has 0 saturated heterocycles. The molecule has 2 aromatic carbocycles. The lowest BCUT2D eigenvalue weighted by Gasteiger charge is -2.12. The topological polar surface area (TPSA) is 72.2 Å². The molecule has 0 heterocycles. The van der Waals surface area contributed by atoms with E-state index >= 15 is 0 Å². The van der Waals surface area contributed by atoms with Crippen LogP contribution in [0.4, 0.5) is 5.69 Å². The molecule has 0 aliphatic rings. The highest BCUT2D eigenvalue weighted by Gasteiger charge is 2.18. The molecule has 4 nitrogen and oxygen atoms in total. The highest BCUT2D eigenvalue weighted by molar-refractivity contribution is 7.92. The van der Waals surface area contributed by atoms with Crippen molar-refractivity contribution in [3.05, 3.63) is 58.6 Å². The molecule has 0 amide bonds. The van der Waals surface area contributed by atoms with Crippen LogP contribution in [-0.2, 0) is 16.6 Å². The minimum Gasteiger partial charge on any atom is -0.326 e. The number of hydrogen-bond acceptors (Lipinski definition) is 3. The molecule has 2 rings (SSSR count). The zero-order chi connectivity index (χ0) is 14.8. The first kappa shape index (κ1) is 14.8. The van der Waals surface area contributed by atoms with Crippen LogP contribution in [0.25, 0.3) is 0 Å². The van der Waals surface area contributed by atoms with Crippen molar-refractivity contribution in [3.63, 3.8) is 0 Å². The number of nitrogens with one attached hydrogen (secondary N) is 1. The third kappa shape index (κ3) is 3.12. The molecule has 0 aliphatic carbocycles. The molecule has 0 atom stereocenters. The SMILES string of the molecule is Cc1ccc(S(=O)(=O)Nc2ccccc2CN)c(Cl)c1. The van der Waals surface area contributed by atoms with Crippen molar-refractivity contribution >= 4 is 27.3 Å². The molecular formula is C14H15ClN2O2S. The van der Waals surface area contributed by atoms with E-state index in [1.54, 1.807) is 36.4 Å². The minimum absolute atomic E-state index is 0.0524. The summed E-state index contributed by atoms with van der Waals surface area (Å²) in [5, 5.41) is 0.197. The van der Waals surface area contributed by atoms with Gasteiger partial charge in [-0.05, 0) is 36.2 Å². The summed E-state index contributed by atoms with van der Waals surface area (Å²) < 4.78 is 27.3. The Bertz CT molecular complexity index is 730. The van der Waals surface area contributed by atoms with Crippen molar-refractivity contribution in [3.8, 4) is 0 Å². The molecule has 3 N–H and O–H groups in total. The van der Waals surface area contributed by atoms with Gasteiger partial charge < -0.3 is 5.73 Å². The number of aryl methyl sites for hydroxylation is 1.